The van der Waals surface area contributed by atoms with Gasteiger partial charge in [0.25, 0.3) is 5.56 Å². The number of rotatable bonds is 6. The third-order valence-corrected chi connectivity index (χ3v) is 6.78. The maximum absolute atomic E-state index is 13.3. The Balaban J connectivity index is 1.70. The molecule has 152 valence electrons. The lowest BCUT2D eigenvalue weighted by atomic mass is 10.2. The van der Waals surface area contributed by atoms with Crippen molar-refractivity contribution in [2.75, 3.05) is 13.2 Å². The third kappa shape index (κ3) is 4.32. The molecule has 1 unspecified atom stereocenters. The summed E-state index contributed by atoms with van der Waals surface area (Å²) in [6.07, 6.45) is 2.66. The van der Waals surface area contributed by atoms with E-state index in [2.05, 4.69) is 15.0 Å². The minimum atomic E-state index is -3.90. The van der Waals surface area contributed by atoms with Gasteiger partial charge in [0, 0.05) is 19.3 Å². The van der Waals surface area contributed by atoms with Crippen LogP contribution >= 0.6 is 11.6 Å². The predicted molar refractivity (Wildman–Crippen MR) is 108 cm³/mol. The van der Waals surface area contributed by atoms with Crippen LogP contribution in [0.2, 0.25) is 5.15 Å². The molecule has 0 spiro atoms. The quantitative estimate of drug-likeness (QED) is 0.597. The van der Waals surface area contributed by atoms with E-state index < -0.39 is 10.0 Å². The van der Waals surface area contributed by atoms with Crippen molar-refractivity contribution in [1.29, 1.82) is 0 Å². The zero-order valence-electron chi connectivity index (χ0n) is 15.4. The molecule has 0 radical (unpaired) electrons. The standard InChI is InChI=1S/C19H19ClN4O4S/c20-17-8-7-14(10-21-17)29(26,27)24(11-13-4-3-9-28-13)12-18-22-16-6-2-1-5-15(16)19(25)23-18/h1-2,5-8,10,13H,3-4,9,11-12H2,(H,22,23,25). The number of hydrogen-bond donors (Lipinski definition) is 1. The number of benzene rings is 1. The van der Waals surface area contributed by atoms with Gasteiger partial charge in [-0.15, -0.1) is 0 Å². The molecule has 0 aliphatic carbocycles. The average Bonchev–Trinajstić information content (AvgIpc) is 3.21. The largest absolute Gasteiger partial charge is 0.377 e. The van der Waals surface area contributed by atoms with Crippen molar-refractivity contribution >= 4 is 32.5 Å². The molecule has 8 nitrogen and oxygen atoms in total. The fourth-order valence-corrected chi connectivity index (χ4v) is 4.79. The van der Waals surface area contributed by atoms with Gasteiger partial charge in [-0.1, -0.05) is 23.7 Å². The minimum Gasteiger partial charge on any atom is -0.377 e. The smallest absolute Gasteiger partial charge is 0.258 e. The van der Waals surface area contributed by atoms with Crippen LogP contribution in [-0.2, 0) is 21.3 Å². The summed E-state index contributed by atoms with van der Waals surface area (Å²) in [5, 5.41) is 0.654. The van der Waals surface area contributed by atoms with Gasteiger partial charge in [-0.05, 0) is 37.1 Å². The summed E-state index contributed by atoms with van der Waals surface area (Å²) in [6.45, 7) is 0.665. The van der Waals surface area contributed by atoms with E-state index in [0.29, 0.717) is 17.5 Å². The summed E-state index contributed by atoms with van der Waals surface area (Å²) in [5.41, 5.74) is 0.196. The molecule has 1 aromatic carbocycles. The molecular formula is C19H19ClN4O4S. The Labute approximate surface area is 172 Å². The third-order valence-electron chi connectivity index (χ3n) is 4.76. The number of fused-ring (bicyclic) bond motifs is 1. The number of pyridine rings is 1. The molecular weight excluding hydrogens is 416 g/mol. The zero-order chi connectivity index (χ0) is 20.4. The van der Waals surface area contributed by atoms with Gasteiger partial charge in [0.05, 0.1) is 23.6 Å². The molecule has 3 heterocycles. The molecule has 3 aromatic rings. The number of para-hydroxylation sites is 1. The Morgan fingerprint density at radius 2 is 2.07 bits per heavy atom. The first-order valence-electron chi connectivity index (χ1n) is 9.15. The maximum atomic E-state index is 13.3. The number of halogens is 1. The highest BCUT2D eigenvalue weighted by atomic mass is 35.5. The first kappa shape index (κ1) is 20.0. The highest BCUT2D eigenvalue weighted by Gasteiger charge is 2.30. The molecule has 0 saturated carbocycles. The Morgan fingerprint density at radius 1 is 1.24 bits per heavy atom. The molecule has 1 fully saturated rings. The highest BCUT2D eigenvalue weighted by molar-refractivity contribution is 7.89. The Kier molecular flexibility index (Phi) is 5.64. The van der Waals surface area contributed by atoms with Gasteiger partial charge in [0.15, 0.2) is 0 Å². The van der Waals surface area contributed by atoms with E-state index in [1.165, 1.54) is 22.6 Å². The van der Waals surface area contributed by atoms with Crippen LogP contribution < -0.4 is 5.56 Å². The van der Waals surface area contributed by atoms with Gasteiger partial charge in [0.1, 0.15) is 15.9 Å². The summed E-state index contributed by atoms with van der Waals surface area (Å²) in [4.78, 5) is 23.4. The lowest BCUT2D eigenvalue weighted by molar-refractivity contribution is 0.0921. The molecule has 2 aromatic heterocycles. The van der Waals surface area contributed by atoms with Crippen LogP contribution in [0, 0.1) is 0 Å². The number of aromatic nitrogens is 3. The van der Waals surface area contributed by atoms with Crippen LogP contribution in [0.15, 0.2) is 52.3 Å². The van der Waals surface area contributed by atoms with Crippen LogP contribution in [0.3, 0.4) is 0 Å². The Bertz CT molecular complexity index is 1170. The fraction of sp³-hybridized carbons (Fsp3) is 0.316. The monoisotopic (exact) mass is 434 g/mol. The van der Waals surface area contributed by atoms with Crippen molar-refractivity contribution in [3.8, 4) is 0 Å². The normalized spacial score (nSPS) is 17.2. The van der Waals surface area contributed by atoms with E-state index in [0.717, 1.165) is 12.8 Å². The zero-order valence-corrected chi connectivity index (χ0v) is 17.0. The number of H-pyrrole nitrogens is 1. The molecule has 1 aliphatic rings. The topological polar surface area (TPSA) is 105 Å². The highest BCUT2D eigenvalue weighted by Crippen LogP contribution is 2.22. The van der Waals surface area contributed by atoms with Crippen molar-refractivity contribution < 1.29 is 13.2 Å². The first-order valence-corrected chi connectivity index (χ1v) is 11.0. The van der Waals surface area contributed by atoms with E-state index >= 15 is 0 Å². The molecule has 1 aliphatic heterocycles. The molecule has 10 heteroatoms. The number of nitrogens with zero attached hydrogens (tertiary/aromatic N) is 3. The molecule has 1 saturated heterocycles. The predicted octanol–water partition coefficient (Wildman–Crippen LogP) is 2.34. The SMILES string of the molecule is O=c1[nH]c(CN(CC2CCCO2)S(=O)(=O)c2ccc(Cl)nc2)nc2ccccc12. The molecule has 0 amide bonds. The summed E-state index contributed by atoms with van der Waals surface area (Å²) < 4.78 is 33.4. The van der Waals surface area contributed by atoms with Gasteiger partial charge in [-0.2, -0.15) is 4.31 Å². The summed E-state index contributed by atoms with van der Waals surface area (Å²) in [7, 11) is -3.90. The second kappa shape index (κ2) is 8.19. The van der Waals surface area contributed by atoms with Gasteiger partial charge < -0.3 is 9.72 Å². The second-order valence-electron chi connectivity index (χ2n) is 6.78. The summed E-state index contributed by atoms with van der Waals surface area (Å²) in [5.74, 6) is 0.261. The second-order valence-corrected chi connectivity index (χ2v) is 9.10. The van der Waals surface area contributed by atoms with Crippen LogP contribution in [0.5, 0.6) is 0 Å². The number of nitrogens with one attached hydrogen (secondary N) is 1. The fourth-order valence-electron chi connectivity index (χ4n) is 3.30. The van der Waals surface area contributed by atoms with Crippen LogP contribution in [0.25, 0.3) is 10.9 Å². The summed E-state index contributed by atoms with van der Waals surface area (Å²) in [6, 6.07) is 9.75. The van der Waals surface area contributed by atoms with Gasteiger partial charge in [0.2, 0.25) is 10.0 Å². The van der Waals surface area contributed by atoms with Crippen molar-refractivity contribution in [2.24, 2.45) is 0 Å². The van der Waals surface area contributed by atoms with E-state index in [9.17, 15) is 13.2 Å². The van der Waals surface area contributed by atoms with Gasteiger partial charge in [-0.3, -0.25) is 4.79 Å². The van der Waals surface area contributed by atoms with Crippen molar-refractivity contribution in [3.05, 3.63) is 63.9 Å². The van der Waals surface area contributed by atoms with Crippen LogP contribution in [0.1, 0.15) is 18.7 Å². The van der Waals surface area contributed by atoms with Crippen molar-refractivity contribution in [2.45, 2.75) is 30.4 Å². The van der Waals surface area contributed by atoms with Crippen molar-refractivity contribution in [1.82, 2.24) is 19.3 Å². The Morgan fingerprint density at radius 3 is 2.79 bits per heavy atom. The van der Waals surface area contributed by atoms with Crippen LogP contribution in [0.4, 0.5) is 0 Å². The van der Waals surface area contributed by atoms with E-state index in [4.69, 9.17) is 16.3 Å². The van der Waals surface area contributed by atoms with Gasteiger partial charge >= 0.3 is 0 Å². The first-order chi connectivity index (χ1) is 13.9. The lowest BCUT2D eigenvalue weighted by Crippen LogP contribution is -2.37. The number of sulfonamides is 1. The lowest BCUT2D eigenvalue weighted by Gasteiger charge is -2.24. The number of aromatic amines is 1. The molecule has 4 rings (SSSR count). The number of ether oxygens (including phenoxy) is 1. The molecule has 29 heavy (non-hydrogen) atoms. The van der Waals surface area contributed by atoms with E-state index in [1.807, 2.05) is 0 Å². The minimum absolute atomic E-state index is 0.0167. The molecule has 1 N–H and O–H groups in total. The Hall–Kier alpha value is -2.33. The van der Waals surface area contributed by atoms with E-state index in [-0.39, 0.29) is 40.6 Å². The van der Waals surface area contributed by atoms with E-state index in [1.54, 1.807) is 24.3 Å². The maximum Gasteiger partial charge on any atom is 0.258 e. The van der Waals surface area contributed by atoms with Crippen LogP contribution in [-0.4, -0.2) is 46.9 Å². The van der Waals surface area contributed by atoms with Gasteiger partial charge in [-0.25, -0.2) is 18.4 Å². The molecule has 1 atom stereocenters. The molecule has 0 bridgehead atoms. The average molecular weight is 435 g/mol. The summed E-state index contributed by atoms with van der Waals surface area (Å²) >= 11 is 5.79. The number of hydrogen-bond acceptors (Lipinski definition) is 6. The van der Waals surface area contributed by atoms with Crippen molar-refractivity contribution in [3.63, 3.8) is 0 Å².